The molecule has 7 unspecified atom stereocenters. The molecule has 2 aliphatic heterocycles. The van der Waals surface area contributed by atoms with E-state index in [1.807, 2.05) is 50.2 Å². The van der Waals surface area contributed by atoms with Gasteiger partial charge in [-0.1, -0.05) is 86.7 Å². The van der Waals surface area contributed by atoms with Crippen molar-refractivity contribution in [1.82, 2.24) is 15.1 Å². The number of benzene rings is 2. The molecule has 0 bridgehead atoms. The van der Waals surface area contributed by atoms with Gasteiger partial charge in [0.1, 0.15) is 30.5 Å². The molecule has 16 atom stereocenters. The summed E-state index contributed by atoms with van der Waals surface area (Å²) in [6, 6.07) is 19.1. The molecular weight excluding hydrogens is 903 g/mol. The summed E-state index contributed by atoms with van der Waals surface area (Å²) in [5.41, 5.74) is 2.24. The van der Waals surface area contributed by atoms with Crippen molar-refractivity contribution in [2.45, 2.75) is 153 Å². The smallest absolute Gasteiger partial charge is 0.308 e. The third kappa shape index (κ3) is 17.1. The number of methoxy groups -OCH3 is 2. The molecule has 17 heteroatoms. The van der Waals surface area contributed by atoms with Gasteiger partial charge in [-0.15, -0.1) is 6.58 Å². The second kappa shape index (κ2) is 29.5. The number of nitrogens with one attached hydrogen (secondary N) is 1. The number of carbonyl (C=O) groups is 3. The lowest BCUT2D eigenvalue weighted by Crippen LogP contribution is -2.63. The van der Waals surface area contributed by atoms with Gasteiger partial charge in [0.15, 0.2) is 18.4 Å². The van der Waals surface area contributed by atoms with E-state index >= 15 is 0 Å². The van der Waals surface area contributed by atoms with Gasteiger partial charge < -0.3 is 63.8 Å². The Hall–Kier alpha value is -3.95. The maximum absolute atomic E-state index is 13.8. The minimum absolute atomic E-state index is 0.139. The molecular formula is C53H81N3O14. The third-order valence-corrected chi connectivity index (χ3v) is 13.3. The SMILES string of the molecule is C=CC(CO[C@H]1O[C@@H](C)C(=O)[C@H](OC)[C@@H]1OC)C(CO)OC(=O)CC(O)C(C)C(O[C@H]1O[C@H](C)[C@H](O)[C@@H](N(C)C)[C@H]1O)C(CCN(Cc1ccccc1)Cc1ccccc1)CC(C)NC(=O)/C=C/CC. The highest BCUT2D eigenvalue weighted by Crippen LogP contribution is 2.34. The Morgan fingerprint density at radius 3 is 2.10 bits per heavy atom. The summed E-state index contributed by atoms with van der Waals surface area (Å²) in [6.07, 6.45) is -5.63. The van der Waals surface area contributed by atoms with Gasteiger partial charge in [-0.3, -0.25) is 19.3 Å². The number of esters is 1. The van der Waals surface area contributed by atoms with Crippen molar-refractivity contribution in [3.05, 3.63) is 96.6 Å². The van der Waals surface area contributed by atoms with Crippen molar-refractivity contribution in [3.8, 4) is 0 Å². The van der Waals surface area contributed by atoms with Crippen LogP contribution >= 0.6 is 0 Å². The number of rotatable bonds is 29. The van der Waals surface area contributed by atoms with E-state index in [-0.39, 0.29) is 24.3 Å². The van der Waals surface area contributed by atoms with E-state index in [1.54, 1.807) is 45.8 Å². The van der Waals surface area contributed by atoms with E-state index in [0.717, 1.165) is 11.1 Å². The van der Waals surface area contributed by atoms with E-state index in [1.165, 1.54) is 26.4 Å². The van der Waals surface area contributed by atoms with E-state index in [9.17, 15) is 34.8 Å². The number of hydrogen-bond acceptors (Lipinski definition) is 16. The first kappa shape index (κ1) is 58.6. The van der Waals surface area contributed by atoms with Crippen LogP contribution in [0.5, 0.6) is 0 Å². The Morgan fingerprint density at radius 1 is 0.929 bits per heavy atom. The number of ether oxygens (including phenoxy) is 7. The van der Waals surface area contributed by atoms with Gasteiger partial charge in [0, 0.05) is 45.2 Å². The first-order valence-corrected chi connectivity index (χ1v) is 24.5. The molecule has 4 rings (SSSR count). The first-order chi connectivity index (χ1) is 33.5. The Bertz CT molecular complexity index is 1850. The molecule has 70 heavy (non-hydrogen) atoms. The average molecular weight is 984 g/mol. The fraction of sp³-hybridized carbons (Fsp3) is 0.642. The van der Waals surface area contributed by atoms with Crippen LogP contribution in [-0.2, 0) is 60.6 Å². The highest BCUT2D eigenvalue weighted by atomic mass is 16.7. The van der Waals surface area contributed by atoms with Crippen LogP contribution < -0.4 is 5.32 Å². The van der Waals surface area contributed by atoms with Crippen molar-refractivity contribution in [3.63, 3.8) is 0 Å². The zero-order valence-electron chi connectivity index (χ0n) is 42.6. The highest BCUT2D eigenvalue weighted by Gasteiger charge is 2.48. The molecule has 2 saturated heterocycles. The lowest BCUT2D eigenvalue weighted by molar-refractivity contribution is -0.304. The number of amides is 1. The standard InChI is InChI=1S/C53H81N3O14/c1-11-13-24-43(59)54-33(3)27-40(25-26-56(29-37-20-16-14-17-21-37)30-38-22-18-15-19-23-38)49(70-52-48(63)45(55(7)8)46(61)35(5)67-52)34(4)41(58)28-44(60)69-42(31-57)39(12-2)32-66-53-51(65-10)50(64-9)47(62)36(6)68-53/h12-24,33-36,39-42,45-46,48-53,57-58,61,63H,2,11,25-32H2,1,3-10H3,(H,54,59)/b24-13+/t33?,34?,35-,36+,39?,40?,41?,42?,45-,46+,48-,49?,50+,51+,52-,53+/m1/s1. The number of nitrogens with zero attached hydrogens (tertiary/aromatic N) is 2. The topological polar surface area (TPSA) is 215 Å². The third-order valence-electron chi connectivity index (χ3n) is 13.3. The minimum Gasteiger partial charge on any atom is -0.459 e. The number of ketones is 1. The zero-order valence-corrected chi connectivity index (χ0v) is 42.6. The van der Waals surface area contributed by atoms with Crippen molar-refractivity contribution in [1.29, 1.82) is 0 Å². The van der Waals surface area contributed by atoms with E-state index in [2.05, 4.69) is 41.1 Å². The normalized spacial score (nSPS) is 27.1. The molecule has 17 nitrogen and oxygen atoms in total. The lowest BCUT2D eigenvalue weighted by Gasteiger charge is -2.47. The van der Waals surface area contributed by atoms with Crippen LogP contribution in [0.3, 0.4) is 0 Å². The molecule has 2 fully saturated rings. The maximum Gasteiger partial charge on any atom is 0.308 e. The number of hydrogen-bond donors (Lipinski definition) is 5. The van der Waals surface area contributed by atoms with Gasteiger partial charge in [-0.2, -0.15) is 0 Å². The van der Waals surface area contributed by atoms with Crippen LogP contribution in [0.1, 0.15) is 71.4 Å². The van der Waals surface area contributed by atoms with Gasteiger partial charge in [0.05, 0.1) is 50.1 Å². The van der Waals surface area contributed by atoms with Gasteiger partial charge in [0.25, 0.3) is 0 Å². The van der Waals surface area contributed by atoms with Crippen molar-refractivity contribution < 1.29 is 68.0 Å². The number of aliphatic hydroxyl groups excluding tert-OH is 4. The Kier molecular flexibility index (Phi) is 24.7. The van der Waals surface area contributed by atoms with Gasteiger partial charge in [0.2, 0.25) is 5.91 Å². The molecule has 0 radical (unpaired) electrons. The van der Waals surface area contributed by atoms with Crippen LogP contribution in [0.25, 0.3) is 0 Å². The minimum atomic E-state index is -1.38. The largest absolute Gasteiger partial charge is 0.459 e. The Labute approximate surface area is 415 Å². The van der Waals surface area contributed by atoms with Crippen molar-refractivity contribution in [2.75, 3.05) is 48.1 Å². The second-order valence-electron chi connectivity index (χ2n) is 18.9. The second-order valence-corrected chi connectivity index (χ2v) is 18.9. The molecule has 392 valence electrons. The summed E-state index contributed by atoms with van der Waals surface area (Å²) < 4.78 is 41.6. The molecule has 2 aromatic carbocycles. The van der Waals surface area contributed by atoms with E-state index < -0.39 is 110 Å². The zero-order chi connectivity index (χ0) is 51.5. The van der Waals surface area contributed by atoms with Crippen molar-refractivity contribution >= 4 is 17.7 Å². The average Bonchev–Trinajstić information content (AvgIpc) is 3.33. The molecule has 2 heterocycles. The molecule has 2 aromatic rings. The van der Waals surface area contributed by atoms with Crippen LogP contribution in [0.2, 0.25) is 0 Å². The lowest BCUT2D eigenvalue weighted by atomic mass is 9.81. The maximum atomic E-state index is 13.8. The molecule has 2 aliphatic rings. The number of Topliss-reactive ketones (excluding diaryl/α,β-unsaturated/α-hetero) is 1. The number of likely N-dealkylation sites (N-methyl/N-ethyl adjacent to an activating group) is 1. The summed E-state index contributed by atoms with van der Waals surface area (Å²) >= 11 is 0. The number of allylic oxidation sites excluding steroid dienone is 1. The van der Waals surface area contributed by atoms with Crippen molar-refractivity contribution in [2.24, 2.45) is 17.8 Å². The van der Waals surface area contributed by atoms with Gasteiger partial charge in [-0.05, 0) is 83.8 Å². The number of carbonyl (C=O) groups excluding carboxylic acids is 3. The first-order valence-electron chi connectivity index (χ1n) is 24.5. The fourth-order valence-corrected chi connectivity index (χ4v) is 9.33. The Morgan fingerprint density at radius 2 is 1.56 bits per heavy atom. The Balaban J connectivity index is 1.64. The fourth-order valence-electron chi connectivity index (χ4n) is 9.33. The monoisotopic (exact) mass is 984 g/mol. The van der Waals surface area contributed by atoms with Gasteiger partial charge in [-0.25, -0.2) is 0 Å². The quantitative estimate of drug-likeness (QED) is 0.0446. The summed E-state index contributed by atoms with van der Waals surface area (Å²) in [7, 11) is 6.29. The van der Waals surface area contributed by atoms with E-state index in [0.29, 0.717) is 38.9 Å². The molecule has 0 spiro atoms. The van der Waals surface area contributed by atoms with Crippen LogP contribution in [0.4, 0.5) is 0 Å². The molecule has 0 aliphatic carbocycles. The molecule has 0 saturated carbocycles. The summed E-state index contributed by atoms with van der Waals surface area (Å²) in [5.74, 6) is -3.35. The van der Waals surface area contributed by atoms with Crippen LogP contribution in [0.15, 0.2) is 85.5 Å². The van der Waals surface area contributed by atoms with Gasteiger partial charge >= 0.3 is 5.97 Å². The summed E-state index contributed by atoms with van der Waals surface area (Å²) in [6.45, 7) is 13.8. The highest BCUT2D eigenvalue weighted by molar-refractivity contribution is 5.88. The predicted molar refractivity (Wildman–Crippen MR) is 263 cm³/mol. The number of aliphatic hydroxyl groups is 4. The molecule has 5 N–H and O–H groups in total. The van der Waals surface area contributed by atoms with E-state index in [4.69, 9.17) is 33.2 Å². The molecule has 0 aromatic heterocycles. The predicted octanol–water partition coefficient (Wildman–Crippen LogP) is 3.79. The van der Waals surface area contributed by atoms with Crippen LogP contribution in [0, 0.1) is 17.8 Å². The summed E-state index contributed by atoms with van der Waals surface area (Å²) in [4.78, 5) is 43.6. The summed E-state index contributed by atoms with van der Waals surface area (Å²) in [5, 5.41) is 48.5. The van der Waals surface area contributed by atoms with Crippen LogP contribution in [-0.4, -0.2) is 176 Å². The molecule has 1 amide bonds.